The van der Waals surface area contributed by atoms with Crippen molar-refractivity contribution >= 4 is 35.7 Å². The number of hydrogen-bond acceptors (Lipinski definition) is 11. The highest BCUT2D eigenvalue weighted by Gasteiger charge is 2.34. The van der Waals surface area contributed by atoms with E-state index in [2.05, 4.69) is 41.0 Å². The summed E-state index contributed by atoms with van der Waals surface area (Å²) < 4.78 is 41.3. The number of halogens is 3. The minimum absolute atomic E-state index is 0.00299. The molecule has 1 unspecified atom stereocenters. The summed E-state index contributed by atoms with van der Waals surface area (Å²) in [7, 11) is 1.52. The van der Waals surface area contributed by atoms with Crippen LogP contribution in [-0.2, 0) is 20.6 Å². The number of alkyl halides is 3. The average molecular weight is 575 g/mol. The Morgan fingerprint density at radius 2 is 2.05 bits per heavy atom. The van der Waals surface area contributed by atoms with Crippen molar-refractivity contribution in [2.75, 3.05) is 24.2 Å². The van der Waals surface area contributed by atoms with E-state index in [0.717, 1.165) is 11.0 Å². The van der Waals surface area contributed by atoms with Crippen LogP contribution in [0.25, 0.3) is 11.4 Å². The van der Waals surface area contributed by atoms with Gasteiger partial charge in [0.05, 0.1) is 18.4 Å². The summed E-state index contributed by atoms with van der Waals surface area (Å²) in [5.41, 5.74) is 1.33. The van der Waals surface area contributed by atoms with E-state index in [1.54, 1.807) is 6.92 Å². The molecule has 3 aromatic heterocycles. The van der Waals surface area contributed by atoms with Gasteiger partial charge in [-0.15, -0.1) is 0 Å². The third kappa shape index (κ3) is 6.29. The number of aryl methyl sites for hydroxylation is 1. The molecule has 4 heterocycles. The second-order valence-electron chi connectivity index (χ2n) is 8.82. The van der Waals surface area contributed by atoms with Crippen LogP contribution in [-0.4, -0.2) is 73.3 Å². The quantitative estimate of drug-likeness (QED) is 0.322. The predicted octanol–water partition coefficient (Wildman–Crippen LogP) is 2.18. The van der Waals surface area contributed by atoms with Crippen LogP contribution in [0.5, 0.6) is 0 Å². The highest BCUT2D eigenvalue weighted by Crippen LogP contribution is 2.33. The van der Waals surface area contributed by atoms with E-state index in [0.29, 0.717) is 6.41 Å². The van der Waals surface area contributed by atoms with E-state index in [9.17, 15) is 27.6 Å². The molecule has 3 aromatic rings. The van der Waals surface area contributed by atoms with Gasteiger partial charge in [0.1, 0.15) is 17.7 Å². The van der Waals surface area contributed by atoms with Crippen molar-refractivity contribution < 1.29 is 32.4 Å². The second kappa shape index (κ2) is 11.7. The zero-order chi connectivity index (χ0) is 29.9. The van der Waals surface area contributed by atoms with Gasteiger partial charge >= 0.3 is 6.18 Å². The third-order valence-electron chi connectivity index (χ3n) is 5.98. The first kappa shape index (κ1) is 29.1. The number of imide groups is 1. The van der Waals surface area contributed by atoms with Crippen molar-refractivity contribution in [3.8, 4) is 11.4 Å². The number of aliphatic imine (C=N–C) groups is 1. The maximum atomic E-state index is 13.3. The minimum Gasteiger partial charge on any atom is -0.371 e. The fraction of sp³-hybridized carbons (Fsp3) is 0.333. The highest BCUT2D eigenvalue weighted by atomic mass is 19.4. The molecule has 0 saturated heterocycles. The number of carbonyl (C=O) groups is 3. The van der Waals surface area contributed by atoms with Crippen LogP contribution < -0.4 is 16.1 Å². The van der Waals surface area contributed by atoms with Crippen LogP contribution in [0.1, 0.15) is 41.6 Å². The van der Waals surface area contributed by atoms with Gasteiger partial charge in [0, 0.05) is 30.7 Å². The SMILES string of the molecule is CNc1ncn([C@@H](C)C(=O)Nc2ccnc(-c3cnc(C)c(C(F)(F)F)c3)n2)c1C(=O)N(C=O)CC1=NC(C)ON1. The first-order valence-corrected chi connectivity index (χ1v) is 12.1. The Labute approximate surface area is 231 Å². The smallest absolute Gasteiger partial charge is 0.371 e. The van der Waals surface area contributed by atoms with E-state index < -0.39 is 35.8 Å². The third-order valence-corrected chi connectivity index (χ3v) is 5.98. The topological polar surface area (TPSA) is 169 Å². The van der Waals surface area contributed by atoms with Crippen LogP contribution in [0.4, 0.5) is 24.8 Å². The second-order valence-corrected chi connectivity index (χ2v) is 8.82. The fourth-order valence-electron chi connectivity index (χ4n) is 3.87. The van der Waals surface area contributed by atoms with Gasteiger partial charge in [0.15, 0.2) is 23.6 Å². The molecule has 2 atom stereocenters. The number of hydroxylamine groups is 1. The number of nitrogens with one attached hydrogen (secondary N) is 3. The molecule has 0 spiro atoms. The zero-order valence-corrected chi connectivity index (χ0v) is 22.2. The Kier molecular flexibility index (Phi) is 8.27. The number of pyridine rings is 1. The number of hydrogen-bond donors (Lipinski definition) is 3. The van der Waals surface area contributed by atoms with Gasteiger partial charge in [-0.3, -0.25) is 24.3 Å². The molecule has 0 saturated carbocycles. The predicted molar refractivity (Wildman–Crippen MR) is 138 cm³/mol. The molecule has 1 aliphatic heterocycles. The number of amides is 3. The monoisotopic (exact) mass is 574 g/mol. The highest BCUT2D eigenvalue weighted by molar-refractivity contribution is 6.05. The summed E-state index contributed by atoms with van der Waals surface area (Å²) in [6, 6.07) is 1.19. The Balaban J connectivity index is 1.56. The Hall–Kier alpha value is -4.93. The maximum Gasteiger partial charge on any atom is 0.418 e. The van der Waals surface area contributed by atoms with Crippen LogP contribution in [0.3, 0.4) is 0 Å². The molecule has 0 fully saturated rings. The van der Waals surface area contributed by atoms with Crippen molar-refractivity contribution in [2.45, 2.75) is 39.2 Å². The summed E-state index contributed by atoms with van der Waals surface area (Å²) in [5, 5.41) is 5.33. The van der Waals surface area contributed by atoms with E-state index in [4.69, 9.17) is 4.84 Å². The van der Waals surface area contributed by atoms with Crippen LogP contribution in [0.15, 0.2) is 35.8 Å². The maximum absolute atomic E-state index is 13.3. The normalized spacial score (nSPS) is 15.5. The number of amidine groups is 1. The Morgan fingerprint density at radius 1 is 1.29 bits per heavy atom. The lowest BCUT2D eigenvalue weighted by molar-refractivity contribution is -0.138. The first-order chi connectivity index (χ1) is 19.4. The number of nitrogens with zero attached hydrogens (tertiary/aromatic N) is 7. The molecule has 0 radical (unpaired) electrons. The van der Waals surface area contributed by atoms with Gasteiger partial charge in [-0.2, -0.15) is 13.2 Å². The molecule has 3 amide bonds. The van der Waals surface area contributed by atoms with Crippen LogP contribution in [0, 0.1) is 6.92 Å². The van der Waals surface area contributed by atoms with E-state index >= 15 is 0 Å². The molecule has 3 N–H and O–H groups in total. The van der Waals surface area contributed by atoms with Gasteiger partial charge in [0.25, 0.3) is 5.91 Å². The van der Waals surface area contributed by atoms with Crippen molar-refractivity contribution in [1.82, 2.24) is 34.9 Å². The van der Waals surface area contributed by atoms with E-state index in [1.807, 2.05) is 0 Å². The summed E-state index contributed by atoms with van der Waals surface area (Å²) in [6.07, 6.45) is -1.06. The molecule has 41 heavy (non-hydrogen) atoms. The molecule has 1 aliphatic rings. The lowest BCUT2D eigenvalue weighted by Gasteiger charge is -2.20. The van der Waals surface area contributed by atoms with Crippen LogP contribution >= 0.6 is 0 Å². The number of carbonyl (C=O) groups excluding carboxylic acids is 3. The Bertz CT molecular complexity index is 1510. The van der Waals surface area contributed by atoms with Gasteiger partial charge in [0.2, 0.25) is 12.3 Å². The number of anilines is 2. The molecule has 0 bridgehead atoms. The summed E-state index contributed by atoms with van der Waals surface area (Å²) in [4.78, 5) is 64.4. The minimum atomic E-state index is -4.62. The standard InChI is InChI=1S/C24H25F3N10O4/c1-12-16(24(25,26)27)7-15(8-30-12)20-29-6-5-17(33-20)34-22(39)13(2)37-10-31-21(28-4)19(37)23(40)36(11-38)9-18-32-14(3)41-35-18/h5-8,10-11,13-14,28H,9H2,1-4H3,(H,32,35)(H,29,33,34,39)/t13-,14?/m0/s1. The first-order valence-electron chi connectivity index (χ1n) is 12.1. The van der Waals surface area contributed by atoms with Gasteiger partial charge in [-0.25, -0.2) is 30.3 Å². The summed E-state index contributed by atoms with van der Waals surface area (Å²) in [6.45, 7) is 4.18. The number of imidazole rings is 1. The summed E-state index contributed by atoms with van der Waals surface area (Å²) >= 11 is 0. The molecule has 4 rings (SSSR count). The van der Waals surface area contributed by atoms with Gasteiger partial charge < -0.3 is 15.2 Å². The molecule has 17 heteroatoms. The average Bonchev–Trinajstić information content (AvgIpc) is 3.56. The molecular formula is C24H25F3N10O4. The largest absolute Gasteiger partial charge is 0.418 e. The molecule has 0 aromatic carbocycles. The number of aromatic nitrogens is 5. The zero-order valence-electron chi connectivity index (χ0n) is 22.2. The summed E-state index contributed by atoms with van der Waals surface area (Å²) in [5.74, 6) is -1.12. The molecule has 0 aliphatic carbocycles. The van der Waals surface area contributed by atoms with Gasteiger partial charge in [-0.05, 0) is 32.9 Å². The lowest BCUT2D eigenvalue weighted by Crippen LogP contribution is -2.39. The van der Waals surface area contributed by atoms with Crippen molar-refractivity contribution in [1.29, 1.82) is 0 Å². The molecule has 14 nitrogen and oxygen atoms in total. The fourth-order valence-corrected chi connectivity index (χ4v) is 3.87. The van der Waals surface area contributed by atoms with Crippen molar-refractivity contribution in [3.05, 3.63) is 47.8 Å². The lowest BCUT2D eigenvalue weighted by atomic mass is 10.1. The van der Waals surface area contributed by atoms with Crippen molar-refractivity contribution in [2.24, 2.45) is 4.99 Å². The Morgan fingerprint density at radius 3 is 2.68 bits per heavy atom. The van der Waals surface area contributed by atoms with Gasteiger partial charge in [-0.1, -0.05) is 0 Å². The molecule has 216 valence electrons. The van der Waals surface area contributed by atoms with Crippen LogP contribution in [0.2, 0.25) is 0 Å². The van der Waals surface area contributed by atoms with Crippen molar-refractivity contribution in [3.63, 3.8) is 0 Å². The van der Waals surface area contributed by atoms with E-state index in [-0.39, 0.29) is 46.8 Å². The van der Waals surface area contributed by atoms with E-state index in [1.165, 1.54) is 50.2 Å². The molecular weight excluding hydrogens is 549 g/mol. The number of rotatable bonds is 9.